The number of nitrogens with zero attached hydrogens (tertiary/aromatic N) is 2. The zero-order valence-electron chi connectivity index (χ0n) is 18.2. The Morgan fingerprint density at radius 2 is 1.72 bits per heavy atom. The molecule has 2 amide bonds. The van der Waals surface area contributed by atoms with E-state index >= 15 is 0 Å². The standard InChI is InChI=1S/C22H34N4O3/c1-6-12-26(13-7-2)14-15-28-18-10-8-17(9-11-18)23-21(27)24-20-16-19(29-25-20)22(3,4)5/h8-11,16H,6-7,12-15H2,1-5H3,(H2,23,24,25,27). The summed E-state index contributed by atoms with van der Waals surface area (Å²) in [5, 5.41) is 9.34. The maximum absolute atomic E-state index is 12.2. The molecule has 0 aliphatic carbocycles. The maximum Gasteiger partial charge on any atom is 0.324 e. The summed E-state index contributed by atoms with van der Waals surface area (Å²) >= 11 is 0. The normalized spacial score (nSPS) is 11.5. The highest BCUT2D eigenvalue weighted by Gasteiger charge is 2.20. The summed E-state index contributed by atoms with van der Waals surface area (Å²) in [6, 6.07) is 8.70. The highest BCUT2D eigenvalue weighted by molar-refractivity contribution is 5.99. The molecule has 2 rings (SSSR count). The van der Waals surface area contributed by atoms with Crippen LogP contribution < -0.4 is 15.4 Å². The lowest BCUT2D eigenvalue weighted by molar-refractivity contribution is 0.209. The Hall–Kier alpha value is -2.54. The molecule has 7 heteroatoms. The van der Waals surface area contributed by atoms with Gasteiger partial charge in [0.1, 0.15) is 18.1 Å². The van der Waals surface area contributed by atoms with Gasteiger partial charge in [-0.2, -0.15) is 0 Å². The molecule has 0 spiro atoms. The van der Waals surface area contributed by atoms with Crippen molar-refractivity contribution in [2.24, 2.45) is 0 Å². The van der Waals surface area contributed by atoms with E-state index in [0.29, 0.717) is 23.9 Å². The molecular formula is C22H34N4O3. The van der Waals surface area contributed by atoms with Crippen molar-refractivity contribution in [3.63, 3.8) is 0 Å². The van der Waals surface area contributed by atoms with Gasteiger partial charge in [-0.05, 0) is 50.2 Å². The largest absolute Gasteiger partial charge is 0.492 e. The fraction of sp³-hybridized carbons (Fsp3) is 0.545. The molecule has 2 aromatic rings. The van der Waals surface area contributed by atoms with Gasteiger partial charge in [-0.25, -0.2) is 4.79 Å². The minimum atomic E-state index is -0.373. The SMILES string of the molecule is CCCN(CCC)CCOc1ccc(NC(=O)Nc2cc(C(C)(C)C)on2)cc1. The molecule has 7 nitrogen and oxygen atoms in total. The van der Waals surface area contributed by atoms with Crippen molar-refractivity contribution in [1.82, 2.24) is 10.1 Å². The number of nitrogens with one attached hydrogen (secondary N) is 2. The van der Waals surface area contributed by atoms with Crippen LogP contribution in [0.1, 0.15) is 53.2 Å². The summed E-state index contributed by atoms with van der Waals surface area (Å²) in [4.78, 5) is 14.6. The lowest BCUT2D eigenvalue weighted by Gasteiger charge is -2.20. The van der Waals surface area contributed by atoms with Crippen LogP contribution in [0, 0.1) is 0 Å². The number of ether oxygens (including phenoxy) is 1. The molecule has 0 radical (unpaired) electrons. The molecule has 29 heavy (non-hydrogen) atoms. The van der Waals surface area contributed by atoms with Gasteiger partial charge in [0.2, 0.25) is 0 Å². The van der Waals surface area contributed by atoms with Crippen molar-refractivity contribution in [1.29, 1.82) is 0 Å². The Morgan fingerprint density at radius 3 is 2.28 bits per heavy atom. The van der Waals surface area contributed by atoms with Crippen molar-refractivity contribution in [3.05, 3.63) is 36.1 Å². The number of amides is 2. The first kappa shape index (κ1) is 22.7. The van der Waals surface area contributed by atoms with Gasteiger partial charge in [-0.15, -0.1) is 0 Å². The Labute approximate surface area is 173 Å². The minimum Gasteiger partial charge on any atom is -0.492 e. The molecule has 0 unspecified atom stereocenters. The highest BCUT2D eigenvalue weighted by Crippen LogP contribution is 2.24. The predicted molar refractivity (Wildman–Crippen MR) is 117 cm³/mol. The number of hydrogen-bond donors (Lipinski definition) is 2. The van der Waals surface area contributed by atoms with Crippen molar-refractivity contribution in [2.75, 3.05) is 36.9 Å². The monoisotopic (exact) mass is 402 g/mol. The molecule has 2 N–H and O–H groups in total. The van der Waals surface area contributed by atoms with Crippen LogP contribution in [0.5, 0.6) is 5.75 Å². The van der Waals surface area contributed by atoms with E-state index in [-0.39, 0.29) is 11.4 Å². The summed E-state index contributed by atoms with van der Waals surface area (Å²) in [6.07, 6.45) is 2.29. The fourth-order valence-electron chi connectivity index (χ4n) is 2.86. The van der Waals surface area contributed by atoms with Gasteiger partial charge >= 0.3 is 6.03 Å². The number of anilines is 2. The summed E-state index contributed by atoms with van der Waals surface area (Å²) in [6.45, 7) is 14.2. The van der Waals surface area contributed by atoms with E-state index in [4.69, 9.17) is 9.26 Å². The average molecular weight is 403 g/mol. The average Bonchev–Trinajstić information content (AvgIpc) is 3.12. The predicted octanol–water partition coefficient (Wildman–Crippen LogP) is 5.12. The van der Waals surface area contributed by atoms with Crippen molar-refractivity contribution in [3.8, 4) is 5.75 Å². The molecule has 160 valence electrons. The molecule has 0 aliphatic heterocycles. The van der Waals surface area contributed by atoms with Crippen molar-refractivity contribution >= 4 is 17.5 Å². The van der Waals surface area contributed by atoms with Crippen LogP contribution in [0.2, 0.25) is 0 Å². The fourth-order valence-corrected chi connectivity index (χ4v) is 2.86. The third kappa shape index (κ3) is 7.77. The smallest absolute Gasteiger partial charge is 0.324 e. The number of aromatic nitrogens is 1. The summed E-state index contributed by atoms with van der Waals surface area (Å²) < 4.78 is 11.1. The minimum absolute atomic E-state index is 0.163. The summed E-state index contributed by atoms with van der Waals surface area (Å²) in [5.41, 5.74) is 0.511. The second-order valence-corrected chi connectivity index (χ2v) is 8.12. The topological polar surface area (TPSA) is 79.6 Å². The Kier molecular flexibility index (Phi) is 8.51. The third-order valence-electron chi connectivity index (χ3n) is 4.36. The van der Waals surface area contributed by atoms with Gasteiger partial charge in [-0.1, -0.05) is 39.8 Å². The lowest BCUT2D eigenvalue weighted by Crippen LogP contribution is -2.30. The first-order chi connectivity index (χ1) is 13.8. The third-order valence-corrected chi connectivity index (χ3v) is 4.36. The first-order valence-corrected chi connectivity index (χ1v) is 10.3. The van der Waals surface area contributed by atoms with Gasteiger partial charge in [0.15, 0.2) is 5.82 Å². The molecule has 0 saturated carbocycles. The summed E-state index contributed by atoms with van der Waals surface area (Å²) in [7, 11) is 0. The lowest BCUT2D eigenvalue weighted by atomic mass is 9.93. The van der Waals surface area contributed by atoms with Crippen LogP contribution in [0.4, 0.5) is 16.3 Å². The van der Waals surface area contributed by atoms with E-state index in [1.165, 1.54) is 0 Å². The molecule has 0 bridgehead atoms. The second kappa shape index (κ2) is 10.9. The number of carbonyl (C=O) groups is 1. The molecule has 1 aromatic carbocycles. The van der Waals surface area contributed by atoms with Gasteiger partial charge in [-0.3, -0.25) is 10.2 Å². The van der Waals surface area contributed by atoms with E-state index < -0.39 is 0 Å². The van der Waals surface area contributed by atoms with Crippen molar-refractivity contribution in [2.45, 2.75) is 52.9 Å². The van der Waals surface area contributed by atoms with E-state index in [1.807, 2.05) is 45.0 Å². The Balaban J connectivity index is 1.79. The van der Waals surface area contributed by atoms with Crippen LogP contribution in [0.25, 0.3) is 0 Å². The highest BCUT2D eigenvalue weighted by atomic mass is 16.5. The zero-order chi connectivity index (χ0) is 21.3. The van der Waals surface area contributed by atoms with E-state index in [2.05, 4.69) is 34.5 Å². The van der Waals surface area contributed by atoms with E-state index in [1.54, 1.807) is 6.07 Å². The van der Waals surface area contributed by atoms with Crippen LogP contribution in [0.15, 0.2) is 34.9 Å². The number of benzene rings is 1. The maximum atomic E-state index is 12.2. The van der Waals surface area contributed by atoms with E-state index in [9.17, 15) is 4.79 Å². The number of hydrogen-bond acceptors (Lipinski definition) is 5. The molecule has 0 atom stereocenters. The quantitative estimate of drug-likeness (QED) is 0.577. The molecule has 1 heterocycles. The van der Waals surface area contributed by atoms with Gasteiger partial charge in [0.25, 0.3) is 0 Å². The van der Waals surface area contributed by atoms with Crippen LogP contribution in [0.3, 0.4) is 0 Å². The summed E-state index contributed by atoms with van der Waals surface area (Å²) in [5.74, 6) is 1.89. The van der Waals surface area contributed by atoms with Gasteiger partial charge in [0, 0.05) is 23.7 Å². The molecule has 0 aliphatic rings. The number of carbonyl (C=O) groups excluding carboxylic acids is 1. The van der Waals surface area contributed by atoms with Gasteiger partial charge in [0.05, 0.1) is 0 Å². The van der Waals surface area contributed by atoms with Crippen LogP contribution in [-0.4, -0.2) is 42.3 Å². The Morgan fingerprint density at radius 1 is 1.07 bits per heavy atom. The molecule has 0 fully saturated rings. The molecule has 1 aromatic heterocycles. The zero-order valence-corrected chi connectivity index (χ0v) is 18.2. The molecule has 0 saturated heterocycles. The molecular weight excluding hydrogens is 368 g/mol. The van der Waals surface area contributed by atoms with Crippen LogP contribution in [-0.2, 0) is 5.41 Å². The second-order valence-electron chi connectivity index (χ2n) is 8.12. The first-order valence-electron chi connectivity index (χ1n) is 10.3. The van der Waals surface area contributed by atoms with Crippen molar-refractivity contribution < 1.29 is 14.1 Å². The van der Waals surface area contributed by atoms with E-state index in [0.717, 1.165) is 38.2 Å². The van der Waals surface area contributed by atoms with Crippen LogP contribution >= 0.6 is 0 Å². The Bertz CT molecular complexity index is 744. The number of rotatable bonds is 10. The van der Waals surface area contributed by atoms with Gasteiger partial charge < -0.3 is 14.6 Å². The number of urea groups is 1.